The normalized spacial score (nSPS) is 59.1. The maximum absolute atomic E-state index is 14.3. The average Bonchev–Trinajstić information content (AvgIpc) is 3.89. The number of esters is 4. The van der Waals surface area contributed by atoms with E-state index in [0.717, 1.165) is 0 Å². The van der Waals surface area contributed by atoms with Crippen LogP contribution in [0.2, 0.25) is 0 Å². The Kier molecular flexibility index (Phi) is 6.77. The summed E-state index contributed by atoms with van der Waals surface area (Å²) in [6, 6.07) is -1.41. The third kappa shape index (κ3) is 3.51. The highest BCUT2D eigenvalue weighted by Crippen LogP contribution is 2.81. The van der Waals surface area contributed by atoms with E-state index in [1.54, 1.807) is 6.92 Å². The van der Waals surface area contributed by atoms with Gasteiger partial charge in [0.2, 0.25) is 5.79 Å². The van der Waals surface area contributed by atoms with Crippen LogP contribution in [0.1, 0.15) is 68.2 Å². The Morgan fingerprint density at radius 2 is 1.50 bits per heavy atom. The van der Waals surface area contributed by atoms with Gasteiger partial charge in [0.1, 0.15) is 41.9 Å². The summed E-state index contributed by atoms with van der Waals surface area (Å²) >= 11 is 0. The molecular formula is C35H47NO14. The van der Waals surface area contributed by atoms with Crippen LogP contribution in [-0.4, -0.2) is 111 Å². The summed E-state index contributed by atoms with van der Waals surface area (Å²) < 4.78 is 36.4. The molecule has 5 N–H and O–H groups in total. The van der Waals surface area contributed by atoms with Crippen LogP contribution in [0.15, 0.2) is 0 Å². The number of ether oxygens (including phenoxy) is 6. The number of rotatable bonds is 4. The van der Waals surface area contributed by atoms with Crippen molar-refractivity contribution in [2.45, 2.75) is 134 Å². The molecule has 15 heteroatoms. The van der Waals surface area contributed by atoms with Crippen LogP contribution in [-0.2, 0) is 52.4 Å². The summed E-state index contributed by atoms with van der Waals surface area (Å²) in [7, 11) is 0. The minimum atomic E-state index is -2.12. The van der Waals surface area contributed by atoms with E-state index in [9.17, 15) is 39.3 Å². The van der Waals surface area contributed by atoms with E-state index in [-0.39, 0.29) is 12.8 Å². The molecule has 0 aromatic heterocycles. The zero-order chi connectivity index (χ0) is 36.6. The summed E-state index contributed by atoms with van der Waals surface area (Å²) in [6.45, 7) is 11.8. The molecule has 3 heterocycles. The van der Waals surface area contributed by atoms with Crippen molar-refractivity contribution in [3.8, 4) is 0 Å². The molecule has 3 aliphatic heterocycles. The van der Waals surface area contributed by atoms with Gasteiger partial charge in [-0.3, -0.25) is 19.2 Å². The average molecular weight is 706 g/mol. The molecule has 5 saturated carbocycles. The van der Waals surface area contributed by atoms with E-state index in [2.05, 4.69) is 0 Å². The summed E-state index contributed by atoms with van der Waals surface area (Å²) in [6.07, 6.45) is -7.19. The molecule has 1 spiro atoms. The van der Waals surface area contributed by atoms with Gasteiger partial charge in [-0.15, -0.1) is 0 Å². The molecular weight excluding hydrogens is 658 g/mol. The lowest BCUT2D eigenvalue weighted by atomic mass is 9.38. The quantitative estimate of drug-likeness (QED) is 0.164. The smallest absolute Gasteiger partial charge is 0.341 e. The molecule has 8 fully saturated rings. The topological polar surface area (TPSA) is 234 Å². The van der Waals surface area contributed by atoms with E-state index in [1.807, 2.05) is 13.8 Å². The van der Waals surface area contributed by atoms with Gasteiger partial charge in [-0.2, -0.15) is 0 Å². The monoisotopic (exact) mass is 705 g/mol. The first-order valence-electron chi connectivity index (χ1n) is 17.6. The molecule has 0 radical (unpaired) electrons. The minimum Gasteiger partial charge on any atom is -0.462 e. The van der Waals surface area contributed by atoms with Gasteiger partial charge >= 0.3 is 23.9 Å². The van der Waals surface area contributed by atoms with Crippen LogP contribution in [0.25, 0.3) is 0 Å². The Morgan fingerprint density at radius 3 is 2.08 bits per heavy atom. The predicted molar refractivity (Wildman–Crippen MR) is 164 cm³/mol. The molecule has 8 aliphatic rings. The van der Waals surface area contributed by atoms with E-state index in [1.165, 1.54) is 34.6 Å². The number of Topliss-reactive ketones (excluding diaryl/α,β-unsaturated/α-hetero) is 1. The number of nitrogens with two attached hydrogens (primary N) is 1. The Balaban J connectivity index is 1.42. The van der Waals surface area contributed by atoms with Crippen LogP contribution >= 0.6 is 0 Å². The lowest BCUT2D eigenvalue weighted by molar-refractivity contribution is -0.286. The molecule has 0 aromatic carbocycles. The number of ketones is 1. The van der Waals surface area contributed by atoms with E-state index in [0.29, 0.717) is 0 Å². The lowest BCUT2D eigenvalue weighted by Crippen LogP contribution is -2.82. The molecule has 5 aliphatic carbocycles. The number of fused-ring (bicyclic) bond motifs is 9. The Hall–Kier alpha value is -2.69. The standard InChI is InChI=1S/C35H47NO14/c1-11-20-22(31(7)32(8,43)29(42)50-35(31)28(11)49-35)25(47-15(5)40)21-19-16(9-18(30(20,21)6)45-13(3)38)34(12(2)37)27(41)23-17(48-23)10-33(34,44)26(36)24(19)46-14(4)39/h11,16-28,41,43-44H,9-10,36H2,1-8H3/t11-,16?,17-,18-,19?,20-,21+,22-,23-,24+,25+,26-,27-,28+,30+,31-,32+,33-,34-,35-/m0/s1. The molecule has 15 nitrogen and oxygen atoms in total. The molecule has 0 amide bonds. The first-order valence-corrected chi connectivity index (χ1v) is 17.6. The van der Waals surface area contributed by atoms with E-state index in [4.69, 9.17) is 34.2 Å². The van der Waals surface area contributed by atoms with Gasteiger partial charge in [0.05, 0.1) is 29.1 Å². The summed E-state index contributed by atoms with van der Waals surface area (Å²) in [5, 5.41) is 36.9. The number of epoxide rings is 2. The third-order valence-electron chi connectivity index (χ3n) is 15.3. The van der Waals surface area contributed by atoms with Gasteiger partial charge in [0.25, 0.3) is 0 Å². The van der Waals surface area contributed by atoms with Crippen molar-refractivity contribution >= 4 is 29.7 Å². The number of aliphatic hydroxyl groups excluding tert-OH is 1. The van der Waals surface area contributed by atoms with Crippen LogP contribution in [0.5, 0.6) is 0 Å². The second-order valence-corrected chi connectivity index (χ2v) is 17.0. The molecule has 276 valence electrons. The van der Waals surface area contributed by atoms with Gasteiger partial charge in [-0.1, -0.05) is 13.8 Å². The maximum Gasteiger partial charge on any atom is 0.341 e. The second-order valence-electron chi connectivity index (χ2n) is 17.0. The number of carbonyl (C=O) groups is 5. The Bertz CT molecular complexity index is 1620. The van der Waals surface area contributed by atoms with Crippen molar-refractivity contribution < 1.29 is 67.7 Å². The first-order chi connectivity index (χ1) is 23.1. The fraction of sp³-hybridized carbons (Fsp3) is 0.857. The fourth-order valence-electron chi connectivity index (χ4n) is 13.5. The van der Waals surface area contributed by atoms with Crippen molar-refractivity contribution in [3.63, 3.8) is 0 Å². The van der Waals surface area contributed by atoms with Gasteiger partial charge in [-0.05, 0) is 44.9 Å². The predicted octanol–water partition coefficient (Wildman–Crippen LogP) is -0.476. The SMILES string of the molecule is CC(=O)O[C@H]1[C@@H]2[C@H]([C@H](C)[C@H]3O[C@]34OC(=O)[C@@](C)(O)[C@]24C)[C@@]2(C)[C@@H](OC(C)=O)CC3C([C@@H](OC(C)=O)[C@H](N)[C@@]4(O)C[C@@H]5O[C@@H]5[C@H](O)[C@]34C(C)=O)[C@H]12. The van der Waals surface area contributed by atoms with Crippen LogP contribution in [0.3, 0.4) is 0 Å². The van der Waals surface area contributed by atoms with Gasteiger partial charge in [-0.25, -0.2) is 4.79 Å². The highest BCUT2D eigenvalue weighted by molar-refractivity contribution is 5.87. The molecule has 20 atom stereocenters. The maximum atomic E-state index is 14.3. The summed E-state index contributed by atoms with van der Waals surface area (Å²) in [5.41, 5.74) is -1.91. The molecule has 2 unspecified atom stereocenters. The van der Waals surface area contributed by atoms with Gasteiger partial charge in [0, 0.05) is 50.4 Å². The van der Waals surface area contributed by atoms with Crippen molar-refractivity contribution in [3.05, 3.63) is 0 Å². The van der Waals surface area contributed by atoms with Crippen LogP contribution < -0.4 is 5.73 Å². The second kappa shape index (κ2) is 9.84. The van der Waals surface area contributed by atoms with Crippen molar-refractivity contribution in [2.75, 3.05) is 0 Å². The molecule has 0 bridgehead atoms. The van der Waals surface area contributed by atoms with Crippen molar-refractivity contribution in [1.29, 1.82) is 0 Å². The zero-order valence-electron chi connectivity index (χ0n) is 29.4. The highest BCUT2D eigenvalue weighted by atomic mass is 16.8. The Morgan fingerprint density at radius 1 is 0.900 bits per heavy atom. The van der Waals surface area contributed by atoms with Crippen molar-refractivity contribution in [2.24, 2.45) is 57.5 Å². The first kappa shape index (κ1) is 34.4. The van der Waals surface area contributed by atoms with E-state index >= 15 is 0 Å². The molecule has 50 heavy (non-hydrogen) atoms. The van der Waals surface area contributed by atoms with E-state index < -0.39 is 147 Å². The molecule has 0 aromatic rings. The minimum absolute atomic E-state index is 0.0694. The summed E-state index contributed by atoms with van der Waals surface area (Å²) in [4.78, 5) is 66.8. The highest BCUT2D eigenvalue weighted by Gasteiger charge is 2.93. The lowest BCUT2D eigenvalue weighted by Gasteiger charge is -2.68. The number of hydrogen-bond acceptors (Lipinski definition) is 15. The largest absolute Gasteiger partial charge is 0.462 e. The van der Waals surface area contributed by atoms with Gasteiger partial charge < -0.3 is 49.5 Å². The van der Waals surface area contributed by atoms with Gasteiger partial charge in [0.15, 0.2) is 5.60 Å². The molecule has 3 saturated heterocycles. The number of hydrogen-bond donors (Lipinski definition) is 4. The van der Waals surface area contributed by atoms with Crippen LogP contribution in [0.4, 0.5) is 0 Å². The fourth-order valence-corrected chi connectivity index (χ4v) is 13.5. The number of carbonyl (C=O) groups excluding carboxylic acids is 5. The number of aliphatic hydroxyl groups is 3. The summed E-state index contributed by atoms with van der Waals surface area (Å²) in [5.74, 6) is -9.84. The zero-order valence-corrected chi connectivity index (χ0v) is 29.4. The van der Waals surface area contributed by atoms with Crippen LogP contribution in [0, 0.1) is 51.8 Å². The molecule has 8 rings (SSSR count). The Labute approximate surface area is 288 Å². The van der Waals surface area contributed by atoms with Crippen molar-refractivity contribution in [1.82, 2.24) is 0 Å². The third-order valence-corrected chi connectivity index (χ3v) is 15.3.